The molecule has 0 bridgehead atoms. The van der Waals surface area contributed by atoms with Crippen molar-refractivity contribution in [3.63, 3.8) is 0 Å². The van der Waals surface area contributed by atoms with Crippen LogP contribution in [0.1, 0.15) is 6.42 Å². The molecule has 0 spiro atoms. The van der Waals surface area contributed by atoms with Crippen molar-refractivity contribution in [2.75, 3.05) is 0 Å². The summed E-state index contributed by atoms with van der Waals surface area (Å²) in [4.78, 5) is 9.35. The zero-order chi connectivity index (χ0) is 4.99. The first-order valence-electron chi connectivity index (χ1n) is 1.60. The number of halogens is 1. The minimum absolute atomic E-state index is 0.157. The average Bonchev–Trinajstić information content (AvgIpc) is 1.35. The molecule has 0 aliphatic carbocycles. The van der Waals surface area contributed by atoms with E-state index in [1.807, 2.05) is 0 Å². The van der Waals surface area contributed by atoms with E-state index in [2.05, 4.69) is 15.9 Å². The van der Waals surface area contributed by atoms with Gasteiger partial charge in [-0.15, -0.1) is 0 Å². The Balaban J connectivity index is 2.81. The Hall–Kier alpha value is 0.110. The summed E-state index contributed by atoms with van der Waals surface area (Å²) in [5, 5.41) is 0. The van der Waals surface area contributed by atoms with E-state index in [1.165, 1.54) is 0 Å². The molecule has 2 nitrogen and oxygen atoms in total. The van der Waals surface area contributed by atoms with Crippen molar-refractivity contribution in [3.8, 4) is 0 Å². The van der Waals surface area contributed by atoms with Gasteiger partial charge >= 0.3 is 0 Å². The SMILES string of the molecule is NC(Br)CC=O. The number of nitrogens with two attached hydrogens (primary N) is 1. The second-order valence-electron chi connectivity index (χ2n) is 0.918. The summed E-state index contributed by atoms with van der Waals surface area (Å²) in [6, 6.07) is 0. The van der Waals surface area contributed by atoms with Gasteiger partial charge in [-0.05, 0) is 0 Å². The van der Waals surface area contributed by atoms with Crippen LogP contribution in [0.5, 0.6) is 0 Å². The summed E-state index contributed by atoms with van der Waals surface area (Å²) in [5.74, 6) is 0. The van der Waals surface area contributed by atoms with Gasteiger partial charge in [0, 0.05) is 6.42 Å². The number of aldehydes is 1. The summed E-state index contributed by atoms with van der Waals surface area (Å²) in [7, 11) is 0. The Labute approximate surface area is 44.8 Å². The third-order valence-electron chi connectivity index (χ3n) is 0.321. The van der Waals surface area contributed by atoms with Crippen molar-refractivity contribution in [1.29, 1.82) is 0 Å². The lowest BCUT2D eigenvalue weighted by molar-refractivity contribution is -0.107. The van der Waals surface area contributed by atoms with Crippen molar-refractivity contribution in [3.05, 3.63) is 0 Å². The Morgan fingerprint density at radius 1 is 2.00 bits per heavy atom. The highest BCUT2D eigenvalue weighted by Gasteiger charge is 1.88. The van der Waals surface area contributed by atoms with Crippen LogP contribution in [0.25, 0.3) is 0 Å². The molecule has 0 heterocycles. The van der Waals surface area contributed by atoms with Crippen LogP contribution in [-0.2, 0) is 4.79 Å². The third-order valence-corrected chi connectivity index (χ3v) is 0.695. The monoisotopic (exact) mass is 151 g/mol. The first-order chi connectivity index (χ1) is 2.77. The summed E-state index contributed by atoms with van der Waals surface area (Å²) in [6.45, 7) is 0. The van der Waals surface area contributed by atoms with E-state index in [4.69, 9.17) is 5.73 Å². The normalized spacial score (nSPS) is 13.7. The van der Waals surface area contributed by atoms with Gasteiger partial charge in [0.2, 0.25) is 0 Å². The van der Waals surface area contributed by atoms with Gasteiger partial charge in [0.25, 0.3) is 0 Å². The molecule has 0 aromatic carbocycles. The molecule has 2 N–H and O–H groups in total. The van der Waals surface area contributed by atoms with Crippen LogP contribution >= 0.6 is 15.9 Å². The molecule has 0 aliphatic rings. The lowest BCUT2D eigenvalue weighted by Gasteiger charge is -1.88. The zero-order valence-corrected chi connectivity index (χ0v) is 4.81. The zero-order valence-electron chi connectivity index (χ0n) is 3.23. The van der Waals surface area contributed by atoms with Gasteiger partial charge < -0.3 is 10.5 Å². The fourth-order valence-corrected chi connectivity index (χ4v) is 0.245. The lowest BCUT2D eigenvalue weighted by Crippen LogP contribution is -2.10. The molecule has 0 aromatic heterocycles. The fraction of sp³-hybridized carbons (Fsp3) is 0.667. The van der Waals surface area contributed by atoms with Crippen LogP contribution in [0.3, 0.4) is 0 Å². The maximum Gasteiger partial charge on any atom is 0.122 e. The Morgan fingerprint density at radius 3 is 2.50 bits per heavy atom. The Morgan fingerprint density at radius 2 is 2.50 bits per heavy atom. The van der Waals surface area contributed by atoms with Crippen LogP contribution in [0.2, 0.25) is 0 Å². The molecule has 36 valence electrons. The van der Waals surface area contributed by atoms with Crippen LogP contribution in [0.4, 0.5) is 0 Å². The van der Waals surface area contributed by atoms with Gasteiger partial charge in [0.15, 0.2) is 0 Å². The van der Waals surface area contributed by atoms with Crippen LogP contribution < -0.4 is 5.73 Å². The van der Waals surface area contributed by atoms with Crippen molar-refractivity contribution in [1.82, 2.24) is 0 Å². The first kappa shape index (κ1) is 6.11. The molecule has 0 aromatic rings. The molecular formula is C3H6BrNO. The van der Waals surface area contributed by atoms with Crippen LogP contribution in [0.15, 0.2) is 0 Å². The largest absolute Gasteiger partial charge is 0.318 e. The second-order valence-corrected chi connectivity index (χ2v) is 2.09. The molecule has 1 unspecified atom stereocenters. The predicted octanol–water partition coefficient (Wildman–Crippen LogP) is 0.255. The standard InChI is InChI=1S/C3H6BrNO/c4-3(5)1-2-6/h2-3H,1,5H2. The van der Waals surface area contributed by atoms with Crippen molar-refractivity contribution < 1.29 is 4.79 Å². The van der Waals surface area contributed by atoms with E-state index in [1.54, 1.807) is 0 Å². The lowest BCUT2D eigenvalue weighted by atomic mass is 10.5. The highest BCUT2D eigenvalue weighted by Crippen LogP contribution is 1.90. The quantitative estimate of drug-likeness (QED) is 0.350. The minimum Gasteiger partial charge on any atom is -0.318 e. The third kappa shape index (κ3) is 4.11. The van der Waals surface area contributed by atoms with E-state index in [0.29, 0.717) is 6.42 Å². The number of carbonyl (C=O) groups excluding carboxylic acids is 1. The van der Waals surface area contributed by atoms with E-state index < -0.39 is 0 Å². The molecule has 3 heteroatoms. The Kier molecular flexibility index (Phi) is 3.37. The van der Waals surface area contributed by atoms with Gasteiger partial charge in [-0.25, -0.2) is 0 Å². The molecule has 6 heavy (non-hydrogen) atoms. The van der Waals surface area contributed by atoms with Crippen molar-refractivity contribution in [2.45, 2.75) is 11.4 Å². The smallest absolute Gasteiger partial charge is 0.122 e. The summed E-state index contributed by atoms with van der Waals surface area (Å²) >= 11 is 2.98. The average molecular weight is 152 g/mol. The van der Waals surface area contributed by atoms with E-state index in [0.717, 1.165) is 6.29 Å². The molecular weight excluding hydrogens is 146 g/mol. The molecule has 0 amide bonds. The highest BCUT2D eigenvalue weighted by atomic mass is 79.9. The maximum absolute atomic E-state index is 9.51. The van der Waals surface area contributed by atoms with Crippen LogP contribution in [0, 0.1) is 0 Å². The van der Waals surface area contributed by atoms with E-state index in [9.17, 15) is 4.79 Å². The maximum atomic E-state index is 9.51. The van der Waals surface area contributed by atoms with E-state index >= 15 is 0 Å². The molecule has 0 saturated heterocycles. The molecule has 0 aliphatic heterocycles. The second kappa shape index (κ2) is 3.31. The van der Waals surface area contributed by atoms with Gasteiger partial charge in [-0.3, -0.25) is 0 Å². The van der Waals surface area contributed by atoms with Crippen molar-refractivity contribution in [2.24, 2.45) is 5.73 Å². The molecule has 0 rings (SSSR count). The fourth-order valence-electron chi connectivity index (χ4n) is 0.0919. The van der Waals surface area contributed by atoms with Gasteiger partial charge in [-0.1, -0.05) is 15.9 Å². The number of carbonyl (C=O) groups is 1. The van der Waals surface area contributed by atoms with Gasteiger partial charge in [0.05, 0.1) is 4.95 Å². The Bertz CT molecular complexity index is 46.1. The number of rotatable bonds is 2. The molecule has 0 fully saturated rings. The van der Waals surface area contributed by atoms with Gasteiger partial charge in [-0.2, -0.15) is 0 Å². The summed E-state index contributed by atoms with van der Waals surface area (Å²) in [5.41, 5.74) is 5.09. The molecule has 0 saturated carbocycles. The first-order valence-corrected chi connectivity index (χ1v) is 2.52. The highest BCUT2D eigenvalue weighted by molar-refractivity contribution is 9.09. The minimum atomic E-state index is -0.157. The predicted molar refractivity (Wildman–Crippen MR) is 27.6 cm³/mol. The van der Waals surface area contributed by atoms with Crippen LogP contribution in [-0.4, -0.2) is 11.2 Å². The molecule has 0 radical (unpaired) electrons. The van der Waals surface area contributed by atoms with Gasteiger partial charge in [0.1, 0.15) is 6.29 Å². The summed E-state index contributed by atoms with van der Waals surface area (Å²) in [6.07, 6.45) is 1.17. The topological polar surface area (TPSA) is 43.1 Å². The summed E-state index contributed by atoms with van der Waals surface area (Å²) < 4.78 is 0. The number of hydrogen-bond acceptors (Lipinski definition) is 2. The van der Waals surface area contributed by atoms with E-state index in [-0.39, 0.29) is 4.95 Å². The van der Waals surface area contributed by atoms with Crippen molar-refractivity contribution >= 4 is 22.2 Å². The molecule has 1 atom stereocenters. The number of alkyl halides is 1. The number of hydrogen-bond donors (Lipinski definition) is 1.